The van der Waals surface area contributed by atoms with Crippen LogP contribution in [0, 0.1) is 34.5 Å². The average Bonchev–Trinajstić information content (AvgIpc) is 2.61. The van der Waals surface area contributed by atoms with E-state index in [1.54, 1.807) is 10.9 Å². The zero-order valence-electron chi connectivity index (χ0n) is 8.31. The van der Waals surface area contributed by atoms with Crippen molar-refractivity contribution < 1.29 is 0 Å². The molecule has 1 rings (SSSR count). The van der Waals surface area contributed by atoms with Gasteiger partial charge in [0.15, 0.2) is 0 Å². The normalized spacial score (nSPS) is 12.1. The smallest absolute Gasteiger partial charge is 0.102 e. The molecule has 0 radical (unpaired) electrons. The molecule has 14 heavy (non-hydrogen) atoms. The molecule has 0 aliphatic rings. The fourth-order valence-electron chi connectivity index (χ4n) is 1.12. The minimum atomic E-state index is -0.0542. The number of rotatable bonds is 3. The van der Waals surface area contributed by atoms with Gasteiger partial charge in [-0.15, -0.1) is 0 Å². The lowest BCUT2D eigenvalue weighted by Gasteiger charge is -2.11. The van der Waals surface area contributed by atoms with E-state index in [1.807, 2.05) is 19.9 Å². The summed E-state index contributed by atoms with van der Waals surface area (Å²) in [6.45, 7) is 4.56. The zero-order valence-corrected chi connectivity index (χ0v) is 8.31. The molecule has 0 saturated carbocycles. The van der Waals surface area contributed by atoms with Crippen molar-refractivity contribution in [2.75, 3.05) is 0 Å². The van der Waals surface area contributed by atoms with Gasteiger partial charge in [0.2, 0.25) is 0 Å². The highest BCUT2D eigenvalue weighted by Crippen LogP contribution is 2.12. The van der Waals surface area contributed by atoms with Crippen molar-refractivity contribution in [2.45, 2.75) is 20.4 Å². The maximum Gasteiger partial charge on any atom is 0.102 e. The van der Waals surface area contributed by atoms with Gasteiger partial charge in [-0.2, -0.15) is 15.6 Å². The summed E-state index contributed by atoms with van der Waals surface area (Å²) in [5.41, 5.74) is 0.533. The third kappa shape index (κ3) is 2.34. The fraction of sp³-hybridized carbons (Fsp3) is 0.500. The molecule has 0 aromatic carbocycles. The summed E-state index contributed by atoms with van der Waals surface area (Å²) in [5, 5.41) is 21.4. The molecule has 4 nitrogen and oxygen atoms in total. The van der Waals surface area contributed by atoms with Crippen LogP contribution in [0.25, 0.3) is 0 Å². The largest absolute Gasteiger partial charge is 0.270 e. The molecule has 1 aromatic rings. The van der Waals surface area contributed by atoms with E-state index in [4.69, 9.17) is 10.5 Å². The standard InChI is InChI=1S/C10H12N4/c1-8(2)10(4-12)7-14-6-9(3-11)5-13-14/h5-6,8,10H,7H2,1-2H3. The Morgan fingerprint density at radius 3 is 2.64 bits per heavy atom. The summed E-state index contributed by atoms with van der Waals surface area (Å²) in [6.07, 6.45) is 3.17. The molecular formula is C10H12N4. The molecule has 72 valence electrons. The van der Waals surface area contributed by atoms with Gasteiger partial charge in [0.25, 0.3) is 0 Å². The summed E-state index contributed by atoms with van der Waals surface area (Å²) in [6, 6.07) is 4.24. The Kier molecular flexibility index (Phi) is 3.25. The molecular weight excluding hydrogens is 176 g/mol. The molecule has 0 aliphatic carbocycles. The van der Waals surface area contributed by atoms with Crippen molar-refractivity contribution in [3.8, 4) is 12.1 Å². The van der Waals surface area contributed by atoms with Crippen LogP contribution < -0.4 is 0 Å². The van der Waals surface area contributed by atoms with Crippen LogP contribution in [0.3, 0.4) is 0 Å². The van der Waals surface area contributed by atoms with Gasteiger partial charge in [-0.05, 0) is 5.92 Å². The van der Waals surface area contributed by atoms with Crippen LogP contribution in [-0.4, -0.2) is 9.78 Å². The van der Waals surface area contributed by atoms with Crippen LogP contribution in [0.1, 0.15) is 19.4 Å². The van der Waals surface area contributed by atoms with Crippen LogP contribution >= 0.6 is 0 Å². The fourth-order valence-corrected chi connectivity index (χ4v) is 1.12. The predicted octanol–water partition coefficient (Wildman–Crippen LogP) is 1.55. The first kappa shape index (κ1) is 10.3. The van der Waals surface area contributed by atoms with Crippen LogP contribution in [-0.2, 0) is 6.54 Å². The Morgan fingerprint density at radius 2 is 2.21 bits per heavy atom. The van der Waals surface area contributed by atoms with Crippen molar-refractivity contribution in [1.82, 2.24) is 9.78 Å². The van der Waals surface area contributed by atoms with Crippen molar-refractivity contribution in [2.24, 2.45) is 11.8 Å². The van der Waals surface area contributed by atoms with E-state index in [2.05, 4.69) is 11.2 Å². The van der Waals surface area contributed by atoms with E-state index < -0.39 is 0 Å². The number of hydrogen-bond donors (Lipinski definition) is 0. The van der Waals surface area contributed by atoms with Gasteiger partial charge in [0.1, 0.15) is 6.07 Å². The molecule has 0 amide bonds. The molecule has 0 spiro atoms. The predicted molar refractivity (Wildman–Crippen MR) is 50.9 cm³/mol. The second-order valence-electron chi connectivity index (χ2n) is 3.54. The number of aromatic nitrogens is 2. The summed E-state index contributed by atoms with van der Waals surface area (Å²) in [7, 11) is 0. The SMILES string of the molecule is CC(C)C(C#N)Cn1cc(C#N)cn1. The second kappa shape index (κ2) is 4.43. The highest BCUT2D eigenvalue weighted by molar-refractivity contribution is 5.21. The minimum Gasteiger partial charge on any atom is -0.270 e. The summed E-state index contributed by atoms with van der Waals surface area (Å²) < 4.78 is 1.65. The molecule has 1 atom stereocenters. The molecule has 1 aromatic heterocycles. The maximum absolute atomic E-state index is 8.87. The van der Waals surface area contributed by atoms with Crippen molar-refractivity contribution in [1.29, 1.82) is 10.5 Å². The highest BCUT2D eigenvalue weighted by atomic mass is 15.3. The first-order valence-electron chi connectivity index (χ1n) is 4.49. The molecule has 0 fully saturated rings. The van der Waals surface area contributed by atoms with E-state index >= 15 is 0 Å². The summed E-state index contributed by atoms with van der Waals surface area (Å²) in [5.74, 6) is 0.246. The quantitative estimate of drug-likeness (QED) is 0.722. The Hall–Kier alpha value is -1.81. The van der Waals surface area contributed by atoms with E-state index in [9.17, 15) is 0 Å². The van der Waals surface area contributed by atoms with E-state index in [1.165, 1.54) is 6.20 Å². The number of hydrogen-bond acceptors (Lipinski definition) is 3. The lowest BCUT2D eigenvalue weighted by Crippen LogP contribution is -2.14. The van der Waals surface area contributed by atoms with Crippen molar-refractivity contribution >= 4 is 0 Å². The average molecular weight is 188 g/mol. The van der Waals surface area contributed by atoms with Gasteiger partial charge >= 0.3 is 0 Å². The van der Waals surface area contributed by atoms with Crippen LogP contribution in [0.15, 0.2) is 12.4 Å². The molecule has 1 heterocycles. The molecule has 0 bridgehead atoms. The van der Waals surface area contributed by atoms with E-state index in [0.717, 1.165) is 0 Å². The highest BCUT2D eigenvalue weighted by Gasteiger charge is 2.13. The van der Waals surface area contributed by atoms with Crippen LogP contribution in [0.2, 0.25) is 0 Å². The minimum absolute atomic E-state index is 0.0542. The Bertz CT molecular complexity index is 378. The zero-order chi connectivity index (χ0) is 10.6. The van der Waals surface area contributed by atoms with E-state index in [-0.39, 0.29) is 5.92 Å². The molecule has 0 aliphatic heterocycles. The van der Waals surface area contributed by atoms with Gasteiger partial charge in [0.05, 0.1) is 30.3 Å². The number of nitrogens with zero attached hydrogens (tertiary/aromatic N) is 4. The monoisotopic (exact) mass is 188 g/mol. The second-order valence-corrected chi connectivity index (χ2v) is 3.54. The van der Waals surface area contributed by atoms with Crippen LogP contribution in [0.4, 0.5) is 0 Å². The van der Waals surface area contributed by atoms with E-state index in [0.29, 0.717) is 18.0 Å². The molecule has 4 heteroatoms. The van der Waals surface area contributed by atoms with Gasteiger partial charge in [-0.3, -0.25) is 4.68 Å². The lowest BCUT2D eigenvalue weighted by atomic mass is 9.98. The molecule has 1 unspecified atom stereocenters. The van der Waals surface area contributed by atoms with Gasteiger partial charge in [-0.25, -0.2) is 0 Å². The van der Waals surface area contributed by atoms with Crippen molar-refractivity contribution in [3.05, 3.63) is 18.0 Å². The van der Waals surface area contributed by atoms with Crippen LogP contribution in [0.5, 0.6) is 0 Å². The maximum atomic E-state index is 8.87. The Morgan fingerprint density at radius 1 is 1.50 bits per heavy atom. The van der Waals surface area contributed by atoms with Crippen molar-refractivity contribution in [3.63, 3.8) is 0 Å². The topological polar surface area (TPSA) is 65.4 Å². The Balaban J connectivity index is 2.69. The Labute approximate surface area is 83.4 Å². The lowest BCUT2D eigenvalue weighted by molar-refractivity contribution is 0.395. The van der Waals surface area contributed by atoms with Gasteiger partial charge < -0.3 is 0 Å². The third-order valence-corrected chi connectivity index (χ3v) is 2.12. The first-order valence-corrected chi connectivity index (χ1v) is 4.49. The third-order valence-electron chi connectivity index (χ3n) is 2.12. The van der Waals surface area contributed by atoms with Gasteiger partial charge in [0, 0.05) is 6.20 Å². The first-order chi connectivity index (χ1) is 6.67. The summed E-state index contributed by atoms with van der Waals surface area (Å²) >= 11 is 0. The van der Waals surface area contributed by atoms with Gasteiger partial charge in [-0.1, -0.05) is 13.8 Å². The number of nitriles is 2. The molecule has 0 saturated heterocycles. The summed E-state index contributed by atoms with van der Waals surface area (Å²) in [4.78, 5) is 0. The molecule has 0 N–H and O–H groups in total.